The molecule has 2 aliphatic rings. The van der Waals surface area contributed by atoms with Gasteiger partial charge in [-0.25, -0.2) is 8.42 Å². The first-order valence-corrected chi connectivity index (χ1v) is 12.4. The van der Waals surface area contributed by atoms with Crippen LogP contribution in [0.4, 0.5) is 17.1 Å². The Morgan fingerprint density at radius 1 is 0.939 bits per heavy atom. The highest BCUT2D eigenvalue weighted by Gasteiger charge is 2.28. The second kappa shape index (κ2) is 10.1. The zero-order chi connectivity index (χ0) is 23.4. The Morgan fingerprint density at radius 3 is 2.27 bits per heavy atom. The van der Waals surface area contributed by atoms with Crippen molar-refractivity contribution in [3.8, 4) is 0 Å². The van der Waals surface area contributed by atoms with Gasteiger partial charge in [-0.15, -0.1) is 0 Å². The predicted octanol–water partition coefficient (Wildman–Crippen LogP) is 1.86. The molecule has 10 heteroatoms. The van der Waals surface area contributed by atoms with E-state index in [2.05, 4.69) is 10.2 Å². The van der Waals surface area contributed by atoms with E-state index in [0.29, 0.717) is 63.9 Å². The van der Waals surface area contributed by atoms with Crippen molar-refractivity contribution in [2.24, 2.45) is 0 Å². The normalized spacial score (nSPS) is 17.6. The van der Waals surface area contributed by atoms with Crippen LogP contribution in [0.15, 0.2) is 47.4 Å². The van der Waals surface area contributed by atoms with Crippen LogP contribution >= 0.6 is 0 Å². The summed E-state index contributed by atoms with van der Waals surface area (Å²) in [5.41, 5.74) is 2.64. The summed E-state index contributed by atoms with van der Waals surface area (Å²) in [6.45, 7) is 3.84. The standard InChI is InChI=1S/C23H30N4O5S/c1-25(2)19-5-3-4-18(16-19)23(28)24-21-17-20(33(29,30)27-10-14-32-15-11-27)6-7-22(21)26-8-12-31-13-9-26/h3-7,16-17H,8-15H2,1-2H3,(H,24,28). The molecule has 33 heavy (non-hydrogen) atoms. The number of amides is 1. The Kier molecular flexibility index (Phi) is 7.18. The summed E-state index contributed by atoms with van der Waals surface area (Å²) in [7, 11) is 0.122. The van der Waals surface area contributed by atoms with Crippen molar-refractivity contribution in [3.05, 3.63) is 48.0 Å². The highest BCUT2D eigenvalue weighted by atomic mass is 32.2. The highest BCUT2D eigenvalue weighted by Crippen LogP contribution is 2.31. The van der Waals surface area contributed by atoms with Crippen LogP contribution in [-0.2, 0) is 19.5 Å². The third-order valence-electron chi connectivity index (χ3n) is 5.80. The molecule has 0 atom stereocenters. The predicted molar refractivity (Wildman–Crippen MR) is 128 cm³/mol. The van der Waals surface area contributed by atoms with Crippen LogP contribution in [-0.4, -0.2) is 85.3 Å². The van der Waals surface area contributed by atoms with E-state index in [1.807, 2.05) is 31.1 Å². The number of rotatable bonds is 6. The number of nitrogens with zero attached hydrogens (tertiary/aromatic N) is 3. The summed E-state index contributed by atoms with van der Waals surface area (Å²) in [6.07, 6.45) is 0. The molecule has 0 saturated carbocycles. The third kappa shape index (κ3) is 5.30. The molecule has 0 bridgehead atoms. The van der Waals surface area contributed by atoms with Gasteiger partial charge < -0.3 is 24.6 Å². The van der Waals surface area contributed by atoms with Gasteiger partial charge in [-0.3, -0.25) is 4.79 Å². The smallest absolute Gasteiger partial charge is 0.255 e. The van der Waals surface area contributed by atoms with Gasteiger partial charge in [-0.2, -0.15) is 4.31 Å². The molecule has 2 aliphatic heterocycles. The number of nitrogens with one attached hydrogen (secondary N) is 1. The molecule has 1 amide bonds. The number of carbonyl (C=O) groups excluding carboxylic acids is 1. The maximum atomic E-state index is 13.2. The van der Waals surface area contributed by atoms with Crippen LogP contribution < -0.4 is 15.1 Å². The maximum Gasteiger partial charge on any atom is 0.255 e. The van der Waals surface area contributed by atoms with E-state index in [4.69, 9.17) is 9.47 Å². The molecule has 0 spiro atoms. The summed E-state index contributed by atoms with van der Waals surface area (Å²) in [6, 6.07) is 12.2. The molecule has 0 aliphatic carbocycles. The Labute approximate surface area is 194 Å². The van der Waals surface area contributed by atoms with E-state index >= 15 is 0 Å². The fourth-order valence-electron chi connectivity index (χ4n) is 3.91. The zero-order valence-electron chi connectivity index (χ0n) is 19.0. The van der Waals surface area contributed by atoms with Crippen molar-refractivity contribution in [1.82, 2.24) is 4.31 Å². The quantitative estimate of drug-likeness (QED) is 0.683. The largest absolute Gasteiger partial charge is 0.379 e. The van der Waals surface area contributed by atoms with Crippen molar-refractivity contribution in [1.29, 1.82) is 0 Å². The summed E-state index contributed by atoms with van der Waals surface area (Å²) in [4.78, 5) is 17.3. The number of morpholine rings is 2. The van der Waals surface area contributed by atoms with E-state index in [1.165, 1.54) is 4.31 Å². The fourth-order valence-corrected chi connectivity index (χ4v) is 5.35. The molecular weight excluding hydrogens is 444 g/mol. The molecule has 2 aromatic rings. The molecule has 2 fully saturated rings. The molecule has 2 heterocycles. The van der Waals surface area contributed by atoms with Gasteiger partial charge >= 0.3 is 0 Å². The lowest BCUT2D eigenvalue weighted by molar-refractivity contribution is 0.0730. The third-order valence-corrected chi connectivity index (χ3v) is 7.70. The number of benzene rings is 2. The summed E-state index contributed by atoms with van der Waals surface area (Å²) >= 11 is 0. The van der Waals surface area contributed by atoms with Crippen molar-refractivity contribution >= 4 is 33.0 Å². The van der Waals surface area contributed by atoms with Crippen molar-refractivity contribution < 1.29 is 22.7 Å². The summed E-state index contributed by atoms with van der Waals surface area (Å²) < 4.78 is 38.6. The van der Waals surface area contributed by atoms with Crippen molar-refractivity contribution in [2.75, 3.05) is 81.8 Å². The average molecular weight is 475 g/mol. The molecular formula is C23H30N4O5S. The van der Waals surface area contributed by atoms with Gasteiger partial charge in [0.25, 0.3) is 5.91 Å². The van der Waals surface area contributed by atoms with Gasteiger partial charge in [-0.05, 0) is 36.4 Å². The van der Waals surface area contributed by atoms with Crippen molar-refractivity contribution in [3.63, 3.8) is 0 Å². The lowest BCUT2D eigenvalue weighted by atomic mass is 10.1. The fraction of sp³-hybridized carbons (Fsp3) is 0.435. The lowest BCUT2D eigenvalue weighted by Gasteiger charge is -2.31. The van der Waals surface area contributed by atoms with Gasteiger partial charge in [-0.1, -0.05) is 6.07 Å². The molecule has 0 aromatic heterocycles. The van der Waals surface area contributed by atoms with Crippen LogP contribution in [0.5, 0.6) is 0 Å². The van der Waals surface area contributed by atoms with E-state index in [9.17, 15) is 13.2 Å². The van der Waals surface area contributed by atoms with Crippen LogP contribution in [0, 0.1) is 0 Å². The molecule has 2 saturated heterocycles. The van der Waals surface area contributed by atoms with E-state index in [0.717, 1.165) is 11.4 Å². The van der Waals surface area contributed by atoms with Gasteiger partial charge in [0.05, 0.1) is 42.7 Å². The lowest BCUT2D eigenvalue weighted by Crippen LogP contribution is -2.40. The summed E-state index contributed by atoms with van der Waals surface area (Å²) in [5.74, 6) is -0.297. The average Bonchev–Trinajstić information content (AvgIpc) is 2.85. The van der Waals surface area contributed by atoms with Crippen LogP contribution in [0.3, 0.4) is 0 Å². The topological polar surface area (TPSA) is 91.4 Å². The van der Waals surface area contributed by atoms with Crippen LogP contribution in [0.1, 0.15) is 10.4 Å². The van der Waals surface area contributed by atoms with Gasteiger partial charge in [0, 0.05) is 51.5 Å². The Hall–Kier alpha value is -2.66. The second-order valence-corrected chi connectivity index (χ2v) is 10.1. The molecule has 4 rings (SSSR count). The first-order valence-electron chi connectivity index (χ1n) is 11.0. The summed E-state index contributed by atoms with van der Waals surface area (Å²) in [5, 5.41) is 2.96. The second-order valence-electron chi connectivity index (χ2n) is 8.19. The van der Waals surface area contributed by atoms with Crippen molar-refractivity contribution in [2.45, 2.75) is 4.90 Å². The van der Waals surface area contributed by atoms with E-state index in [1.54, 1.807) is 30.3 Å². The first-order chi connectivity index (χ1) is 15.9. The minimum atomic E-state index is -3.70. The number of ether oxygens (including phenoxy) is 2. The number of hydrogen-bond acceptors (Lipinski definition) is 7. The molecule has 2 aromatic carbocycles. The number of hydrogen-bond donors (Lipinski definition) is 1. The molecule has 9 nitrogen and oxygen atoms in total. The van der Waals surface area contributed by atoms with Gasteiger partial charge in [0.1, 0.15) is 0 Å². The Balaban J connectivity index is 1.68. The molecule has 0 radical (unpaired) electrons. The maximum absolute atomic E-state index is 13.2. The Bertz CT molecular complexity index is 1090. The van der Waals surface area contributed by atoms with E-state index < -0.39 is 10.0 Å². The number of anilines is 3. The monoisotopic (exact) mass is 474 g/mol. The van der Waals surface area contributed by atoms with Gasteiger partial charge in [0.2, 0.25) is 10.0 Å². The van der Waals surface area contributed by atoms with Gasteiger partial charge in [0.15, 0.2) is 0 Å². The van der Waals surface area contributed by atoms with Crippen LogP contribution in [0.2, 0.25) is 0 Å². The minimum absolute atomic E-state index is 0.152. The number of sulfonamides is 1. The SMILES string of the molecule is CN(C)c1cccc(C(=O)Nc2cc(S(=O)(=O)N3CCOCC3)ccc2N2CCOCC2)c1. The molecule has 178 valence electrons. The number of carbonyl (C=O) groups is 1. The molecule has 0 unspecified atom stereocenters. The minimum Gasteiger partial charge on any atom is -0.379 e. The molecule has 1 N–H and O–H groups in total. The van der Waals surface area contributed by atoms with E-state index in [-0.39, 0.29) is 10.8 Å². The zero-order valence-corrected chi connectivity index (χ0v) is 19.8. The first kappa shape index (κ1) is 23.5. The highest BCUT2D eigenvalue weighted by molar-refractivity contribution is 7.89. The van der Waals surface area contributed by atoms with Crippen LogP contribution in [0.25, 0.3) is 0 Å². The Morgan fingerprint density at radius 2 is 1.61 bits per heavy atom.